The number of rotatable bonds is 1. The Morgan fingerprint density at radius 3 is 2.36 bits per heavy atom. The van der Waals surface area contributed by atoms with Gasteiger partial charge in [-0.2, -0.15) is 0 Å². The van der Waals surface area contributed by atoms with E-state index in [2.05, 4.69) is 39.5 Å². The van der Waals surface area contributed by atoms with Crippen LogP contribution in [-0.4, -0.2) is 24.5 Å². The highest BCUT2D eigenvalue weighted by atomic mass is 15.1. The molecule has 84 valence electrons. The summed E-state index contributed by atoms with van der Waals surface area (Å²) < 4.78 is 0. The van der Waals surface area contributed by atoms with Crippen LogP contribution in [0.3, 0.4) is 0 Å². The Balaban J connectivity index is 2.46. The molecule has 1 heterocycles. The molecule has 2 atom stereocenters. The maximum Gasteiger partial charge on any atom is 0.00302 e. The Labute approximate surface area is 89.9 Å². The van der Waals surface area contributed by atoms with Crippen molar-refractivity contribution in [2.24, 2.45) is 17.3 Å². The van der Waals surface area contributed by atoms with E-state index >= 15 is 0 Å². The first-order chi connectivity index (χ1) is 6.37. The molecule has 1 saturated heterocycles. The van der Waals surface area contributed by atoms with Gasteiger partial charge in [0, 0.05) is 13.1 Å². The molecule has 0 saturated carbocycles. The van der Waals surface area contributed by atoms with E-state index in [1.807, 2.05) is 0 Å². The van der Waals surface area contributed by atoms with Gasteiger partial charge in [0.1, 0.15) is 0 Å². The molecule has 0 aromatic heterocycles. The van der Waals surface area contributed by atoms with Gasteiger partial charge < -0.3 is 4.90 Å². The predicted octanol–water partition coefficient (Wildman–Crippen LogP) is 3.40. The number of nitrogens with zero attached hydrogens (tertiary/aromatic N) is 1. The summed E-state index contributed by atoms with van der Waals surface area (Å²) in [5.74, 6) is 1.81. The Kier molecular flexibility index (Phi) is 4.00. The van der Waals surface area contributed by atoms with E-state index in [1.165, 1.54) is 32.5 Å². The summed E-state index contributed by atoms with van der Waals surface area (Å²) in [6.45, 7) is 15.7. The molecule has 1 aliphatic heterocycles. The van der Waals surface area contributed by atoms with Crippen LogP contribution in [0, 0.1) is 17.3 Å². The maximum atomic E-state index is 2.66. The molecule has 1 fully saturated rings. The van der Waals surface area contributed by atoms with E-state index in [1.54, 1.807) is 0 Å². The van der Waals surface area contributed by atoms with E-state index in [4.69, 9.17) is 0 Å². The van der Waals surface area contributed by atoms with Gasteiger partial charge in [-0.1, -0.05) is 34.6 Å². The zero-order chi connectivity index (χ0) is 10.8. The van der Waals surface area contributed by atoms with Crippen LogP contribution < -0.4 is 0 Å². The van der Waals surface area contributed by atoms with Crippen LogP contribution in [0.4, 0.5) is 0 Å². The van der Waals surface area contributed by atoms with E-state index in [9.17, 15) is 0 Å². The summed E-state index contributed by atoms with van der Waals surface area (Å²) in [5, 5.41) is 0. The van der Waals surface area contributed by atoms with Gasteiger partial charge in [0.15, 0.2) is 0 Å². The third-order valence-corrected chi connectivity index (χ3v) is 3.01. The van der Waals surface area contributed by atoms with Crippen molar-refractivity contribution in [1.82, 2.24) is 4.90 Å². The first kappa shape index (κ1) is 12.0. The fraction of sp³-hybridized carbons (Fsp3) is 1.00. The van der Waals surface area contributed by atoms with E-state index in [-0.39, 0.29) is 0 Å². The largest absolute Gasteiger partial charge is 0.303 e. The maximum absolute atomic E-state index is 2.66. The average Bonchev–Trinajstić information content (AvgIpc) is 2.08. The van der Waals surface area contributed by atoms with Gasteiger partial charge in [-0.3, -0.25) is 0 Å². The fourth-order valence-electron chi connectivity index (χ4n) is 2.63. The zero-order valence-corrected chi connectivity index (χ0v) is 10.6. The van der Waals surface area contributed by atoms with Gasteiger partial charge in [0.05, 0.1) is 0 Å². The smallest absolute Gasteiger partial charge is 0.00302 e. The highest BCUT2D eigenvalue weighted by Gasteiger charge is 2.22. The summed E-state index contributed by atoms with van der Waals surface area (Å²) in [6, 6.07) is 0. The van der Waals surface area contributed by atoms with Gasteiger partial charge in [-0.05, 0) is 36.6 Å². The lowest BCUT2D eigenvalue weighted by atomic mass is 9.95. The molecule has 0 spiro atoms. The van der Waals surface area contributed by atoms with Gasteiger partial charge in [-0.15, -0.1) is 0 Å². The third kappa shape index (κ3) is 4.45. The Hall–Kier alpha value is -0.0400. The van der Waals surface area contributed by atoms with Crippen molar-refractivity contribution in [1.29, 1.82) is 0 Å². The third-order valence-electron chi connectivity index (χ3n) is 3.01. The van der Waals surface area contributed by atoms with Crippen LogP contribution in [0.25, 0.3) is 0 Å². The normalized spacial score (nSPS) is 31.5. The van der Waals surface area contributed by atoms with Crippen molar-refractivity contribution in [3.63, 3.8) is 0 Å². The lowest BCUT2D eigenvalue weighted by Crippen LogP contribution is -2.35. The lowest BCUT2D eigenvalue weighted by Gasteiger charge is -2.30. The van der Waals surface area contributed by atoms with Crippen LogP contribution in [0.1, 0.15) is 47.5 Å². The summed E-state index contributed by atoms with van der Waals surface area (Å²) in [5.41, 5.74) is 0.452. The SMILES string of the molecule is CC1CCN(CC(C)(C)C)CC(C)C1. The Morgan fingerprint density at radius 2 is 1.79 bits per heavy atom. The van der Waals surface area contributed by atoms with Gasteiger partial charge in [0.25, 0.3) is 0 Å². The molecule has 0 aromatic carbocycles. The summed E-state index contributed by atoms with van der Waals surface area (Å²) in [7, 11) is 0. The second kappa shape index (κ2) is 4.65. The second-order valence-electron chi connectivity index (χ2n) is 6.53. The second-order valence-corrected chi connectivity index (χ2v) is 6.53. The van der Waals surface area contributed by atoms with Crippen LogP contribution in [0.15, 0.2) is 0 Å². The summed E-state index contributed by atoms with van der Waals surface area (Å²) >= 11 is 0. The molecule has 0 radical (unpaired) electrons. The first-order valence-corrected chi connectivity index (χ1v) is 6.09. The molecule has 0 amide bonds. The van der Waals surface area contributed by atoms with Crippen molar-refractivity contribution in [2.75, 3.05) is 19.6 Å². The van der Waals surface area contributed by atoms with E-state index in [0.29, 0.717) is 5.41 Å². The lowest BCUT2D eigenvalue weighted by molar-refractivity contribution is 0.181. The molecule has 14 heavy (non-hydrogen) atoms. The fourth-order valence-corrected chi connectivity index (χ4v) is 2.63. The van der Waals surface area contributed by atoms with E-state index in [0.717, 1.165) is 11.8 Å². The Bertz CT molecular complexity index is 169. The summed E-state index contributed by atoms with van der Waals surface area (Å²) in [6.07, 6.45) is 2.81. The predicted molar refractivity (Wildman–Crippen MR) is 63.5 cm³/mol. The van der Waals surface area contributed by atoms with Gasteiger partial charge >= 0.3 is 0 Å². The monoisotopic (exact) mass is 197 g/mol. The molecular weight excluding hydrogens is 170 g/mol. The van der Waals surface area contributed by atoms with Crippen molar-refractivity contribution in [3.05, 3.63) is 0 Å². The van der Waals surface area contributed by atoms with Crippen molar-refractivity contribution in [2.45, 2.75) is 47.5 Å². The molecule has 0 N–H and O–H groups in total. The van der Waals surface area contributed by atoms with E-state index < -0.39 is 0 Å². The molecule has 1 aliphatic rings. The summed E-state index contributed by atoms with van der Waals surface area (Å²) in [4.78, 5) is 2.66. The minimum Gasteiger partial charge on any atom is -0.303 e. The highest BCUT2D eigenvalue weighted by molar-refractivity contribution is 4.75. The minimum atomic E-state index is 0.452. The first-order valence-electron chi connectivity index (χ1n) is 6.09. The molecule has 0 aliphatic carbocycles. The minimum absolute atomic E-state index is 0.452. The quantitative estimate of drug-likeness (QED) is 0.623. The van der Waals surface area contributed by atoms with Crippen LogP contribution in [0.5, 0.6) is 0 Å². The van der Waals surface area contributed by atoms with Crippen LogP contribution in [-0.2, 0) is 0 Å². The van der Waals surface area contributed by atoms with Crippen molar-refractivity contribution in [3.8, 4) is 0 Å². The molecule has 1 nitrogen and oxygen atoms in total. The van der Waals surface area contributed by atoms with Crippen LogP contribution >= 0.6 is 0 Å². The average molecular weight is 197 g/mol. The van der Waals surface area contributed by atoms with Crippen molar-refractivity contribution < 1.29 is 0 Å². The topological polar surface area (TPSA) is 3.24 Å². The molecule has 1 heteroatoms. The van der Waals surface area contributed by atoms with Crippen LogP contribution in [0.2, 0.25) is 0 Å². The molecule has 2 unspecified atom stereocenters. The van der Waals surface area contributed by atoms with Gasteiger partial charge in [0.2, 0.25) is 0 Å². The van der Waals surface area contributed by atoms with Crippen molar-refractivity contribution >= 4 is 0 Å². The molecule has 0 bridgehead atoms. The Morgan fingerprint density at radius 1 is 1.14 bits per heavy atom. The number of hydrogen-bond donors (Lipinski definition) is 0. The van der Waals surface area contributed by atoms with Gasteiger partial charge in [-0.25, -0.2) is 0 Å². The molecule has 1 rings (SSSR count). The molecule has 0 aromatic rings. The highest BCUT2D eigenvalue weighted by Crippen LogP contribution is 2.24. The molecular formula is C13H27N. The number of likely N-dealkylation sites (tertiary alicyclic amines) is 1. The number of hydrogen-bond acceptors (Lipinski definition) is 1. The standard InChI is InChI=1S/C13H27N/c1-11-6-7-14(9-12(2)8-11)10-13(3,4)5/h11-12H,6-10H2,1-5H3. The zero-order valence-electron chi connectivity index (χ0n) is 10.6.